The monoisotopic (exact) mass is 968 g/mol. The molecule has 0 aliphatic rings. The van der Waals surface area contributed by atoms with Crippen molar-refractivity contribution in [1.82, 2.24) is 0 Å². The SMILES string of the molecule is CCCS(=O)(=O)c1ccc(C)cc1.CCOC(C)=O.COC(=O)C(=NS(=O)(=O)c1ccc(C)cc1)C(=O)OC.Cc1ccc(S(=O)(=O)N=C(C(=O)OC(C)(C)C)C(=O)OC(C)(C)C)cc1. The largest absolute Gasteiger partial charge is 0.466 e. The van der Waals surface area contributed by atoms with Gasteiger partial charge in [0.15, 0.2) is 9.84 Å². The molecular weight excluding hydrogens is 909 g/mol. The van der Waals surface area contributed by atoms with Crippen LogP contribution in [0.25, 0.3) is 0 Å². The minimum atomic E-state index is -4.29. The molecule has 3 aromatic rings. The van der Waals surface area contributed by atoms with E-state index < -0.39 is 76.4 Å². The lowest BCUT2D eigenvalue weighted by atomic mass is 10.2. The summed E-state index contributed by atoms with van der Waals surface area (Å²) in [4.78, 5) is 57.3. The molecule has 3 aromatic carbocycles. The van der Waals surface area contributed by atoms with Crippen LogP contribution in [0.5, 0.6) is 0 Å². The van der Waals surface area contributed by atoms with Crippen LogP contribution in [0.1, 0.15) is 85.4 Å². The summed E-state index contributed by atoms with van der Waals surface area (Å²) in [6.07, 6.45) is 0.663. The molecule has 3 rings (SSSR count). The smallest absolute Gasteiger partial charge is 0.366 e. The lowest BCUT2D eigenvalue weighted by Crippen LogP contribution is -2.37. The Morgan fingerprint density at radius 1 is 0.508 bits per heavy atom. The fourth-order valence-electron chi connectivity index (χ4n) is 4.26. The number of rotatable bonds is 12. The number of esters is 5. The van der Waals surface area contributed by atoms with Gasteiger partial charge in [-0.1, -0.05) is 60.0 Å². The van der Waals surface area contributed by atoms with Gasteiger partial charge in [0.2, 0.25) is 11.4 Å². The lowest BCUT2D eigenvalue weighted by molar-refractivity contribution is -0.152. The highest BCUT2D eigenvalue weighted by Crippen LogP contribution is 2.18. The van der Waals surface area contributed by atoms with Gasteiger partial charge in [0.1, 0.15) is 11.2 Å². The predicted octanol–water partition coefficient (Wildman–Crippen LogP) is 6.03. The predicted molar refractivity (Wildman–Crippen MR) is 243 cm³/mol. The molecule has 0 unspecified atom stereocenters. The van der Waals surface area contributed by atoms with Crippen molar-refractivity contribution in [3.05, 3.63) is 89.5 Å². The van der Waals surface area contributed by atoms with Gasteiger partial charge in [-0.2, -0.15) is 16.8 Å². The third kappa shape index (κ3) is 23.1. The second kappa shape index (κ2) is 26.2. The van der Waals surface area contributed by atoms with Crippen LogP contribution in [0.15, 0.2) is 96.3 Å². The number of benzene rings is 3. The first-order valence-electron chi connectivity index (χ1n) is 19.6. The molecule has 0 aromatic heterocycles. The molecule has 360 valence electrons. The Hall–Kier alpha value is -5.80. The van der Waals surface area contributed by atoms with Crippen molar-refractivity contribution in [1.29, 1.82) is 0 Å². The third-order valence-electron chi connectivity index (χ3n) is 7.20. The number of hydrogen-bond acceptors (Lipinski definition) is 16. The van der Waals surface area contributed by atoms with E-state index >= 15 is 0 Å². The van der Waals surface area contributed by atoms with Crippen LogP contribution in [-0.2, 0) is 77.5 Å². The maximum atomic E-state index is 12.5. The second-order valence-corrected chi connectivity index (χ2v) is 20.8. The number of sulfonamides is 2. The minimum Gasteiger partial charge on any atom is -0.466 e. The molecule has 0 saturated carbocycles. The highest BCUT2D eigenvalue weighted by molar-refractivity contribution is 7.91. The van der Waals surface area contributed by atoms with Gasteiger partial charge in [-0.3, -0.25) is 4.79 Å². The Morgan fingerprint density at radius 2 is 0.800 bits per heavy atom. The number of sulfone groups is 1. The van der Waals surface area contributed by atoms with Crippen molar-refractivity contribution >= 4 is 71.2 Å². The third-order valence-corrected chi connectivity index (χ3v) is 11.7. The van der Waals surface area contributed by atoms with E-state index in [9.17, 15) is 49.2 Å². The number of carbonyl (C=O) groups excluding carboxylic acids is 5. The van der Waals surface area contributed by atoms with Crippen LogP contribution in [0, 0.1) is 20.8 Å². The van der Waals surface area contributed by atoms with Gasteiger partial charge in [0, 0.05) is 6.92 Å². The Morgan fingerprint density at radius 3 is 1.03 bits per heavy atom. The van der Waals surface area contributed by atoms with E-state index in [0.717, 1.165) is 30.9 Å². The van der Waals surface area contributed by atoms with Crippen molar-refractivity contribution < 1.29 is 72.9 Å². The summed E-state index contributed by atoms with van der Waals surface area (Å²) in [5.74, 6) is -4.68. The lowest BCUT2D eigenvalue weighted by Gasteiger charge is -2.22. The molecule has 0 aliphatic heterocycles. The molecule has 0 radical (unpaired) electrons. The molecule has 0 atom stereocenters. The van der Waals surface area contributed by atoms with E-state index in [1.807, 2.05) is 26.0 Å². The molecule has 18 nitrogen and oxygen atoms in total. The highest BCUT2D eigenvalue weighted by Gasteiger charge is 2.33. The van der Waals surface area contributed by atoms with Crippen molar-refractivity contribution in [3.63, 3.8) is 0 Å². The van der Waals surface area contributed by atoms with Crippen LogP contribution in [-0.4, -0.2) is 104 Å². The summed E-state index contributed by atoms with van der Waals surface area (Å²) in [6.45, 7) is 20.6. The molecule has 0 bridgehead atoms. The molecule has 0 saturated heterocycles. The fourth-order valence-corrected chi connectivity index (χ4v) is 7.54. The summed E-state index contributed by atoms with van der Waals surface area (Å²) < 4.78 is 102. The Labute approximate surface area is 382 Å². The number of hydrogen-bond donors (Lipinski definition) is 0. The quantitative estimate of drug-likeness (QED) is 0.0869. The van der Waals surface area contributed by atoms with Crippen molar-refractivity contribution in [2.45, 2.75) is 115 Å². The van der Waals surface area contributed by atoms with E-state index in [0.29, 0.717) is 17.9 Å². The molecule has 0 fully saturated rings. The summed E-state index contributed by atoms with van der Waals surface area (Å²) in [7, 11) is -9.52. The molecule has 0 N–H and O–H groups in total. The molecule has 0 aliphatic carbocycles. The zero-order chi connectivity index (χ0) is 50.6. The summed E-state index contributed by atoms with van der Waals surface area (Å²) in [6, 6.07) is 18.6. The molecular formula is C44H60N2O16S3. The van der Waals surface area contributed by atoms with Crippen molar-refractivity contribution in [3.8, 4) is 0 Å². The number of ether oxygens (including phenoxy) is 5. The van der Waals surface area contributed by atoms with Gasteiger partial charge in [-0.05, 0) is 112 Å². The second-order valence-electron chi connectivity index (χ2n) is 15.5. The zero-order valence-corrected chi connectivity index (χ0v) is 41.7. The minimum absolute atomic E-state index is 0.145. The van der Waals surface area contributed by atoms with E-state index in [2.05, 4.69) is 23.0 Å². The molecule has 0 spiro atoms. The highest BCUT2D eigenvalue weighted by atomic mass is 32.2. The molecule has 65 heavy (non-hydrogen) atoms. The first-order valence-corrected chi connectivity index (χ1v) is 24.2. The van der Waals surface area contributed by atoms with Gasteiger partial charge in [0.05, 0.1) is 41.3 Å². The van der Waals surface area contributed by atoms with Gasteiger partial charge >= 0.3 is 29.8 Å². The van der Waals surface area contributed by atoms with Crippen LogP contribution < -0.4 is 0 Å². The van der Waals surface area contributed by atoms with Gasteiger partial charge in [-0.15, -0.1) is 8.80 Å². The standard InChI is InChI=1S/C18H25NO6S.C12H13NO6S.C10H14O2S.C4H8O2/c1-12-8-10-13(11-9-12)26(22,23)19-14(15(20)24-17(2,3)4)16(21)25-18(5,6)7;1-8-4-6-9(7-5-8)20(16,17)13-10(11(14)18-2)12(15)19-3;1-3-8-13(11,12)10-6-4-9(2)5-7-10;1-3-6-4(2)5/h8-11H,1-7H3;4-7H,1-3H3;4-7H,3,8H2,1-2H3;3H2,1-2H3. The van der Waals surface area contributed by atoms with Gasteiger partial charge in [0.25, 0.3) is 20.0 Å². The maximum Gasteiger partial charge on any atom is 0.366 e. The number of carbonyl (C=O) groups is 5. The Balaban J connectivity index is 0.000000925. The Kier molecular flexibility index (Phi) is 23.9. The normalized spacial score (nSPS) is 11.2. The number of aryl methyl sites for hydroxylation is 3. The average molecular weight is 969 g/mol. The summed E-state index contributed by atoms with van der Waals surface area (Å²) in [5, 5.41) is 0. The van der Waals surface area contributed by atoms with Gasteiger partial charge < -0.3 is 23.7 Å². The molecule has 0 heterocycles. The molecule has 21 heteroatoms. The molecule has 0 amide bonds. The van der Waals surface area contributed by atoms with Crippen molar-refractivity contribution in [2.24, 2.45) is 8.80 Å². The number of methoxy groups -OCH3 is 2. The van der Waals surface area contributed by atoms with Gasteiger partial charge in [-0.25, -0.2) is 27.6 Å². The maximum absolute atomic E-state index is 12.5. The van der Waals surface area contributed by atoms with E-state index in [1.165, 1.54) is 31.2 Å². The zero-order valence-electron chi connectivity index (χ0n) is 39.2. The average Bonchev–Trinajstić information content (AvgIpc) is 3.18. The fraction of sp³-hybridized carbons (Fsp3) is 0.432. The first-order chi connectivity index (χ1) is 29.7. The summed E-state index contributed by atoms with van der Waals surface area (Å²) in [5.41, 5.74) is -0.941. The van der Waals surface area contributed by atoms with E-state index in [4.69, 9.17) is 9.47 Å². The first kappa shape index (κ1) is 59.2. The number of nitrogens with zero attached hydrogens (tertiary/aromatic N) is 2. The van der Waals surface area contributed by atoms with Crippen LogP contribution in [0.3, 0.4) is 0 Å². The van der Waals surface area contributed by atoms with E-state index in [1.54, 1.807) is 98.7 Å². The van der Waals surface area contributed by atoms with Crippen molar-refractivity contribution in [2.75, 3.05) is 26.6 Å². The summed E-state index contributed by atoms with van der Waals surface area (Å²) >= 11 is 0. The Bertz CT molecular complexity index is 2430. The van der Waals surface area contributed by atoms with Crippen LogP contribution in [0.2, 0.25) is 0 Å². The topological polar surface area (TPSA) is 259 Å². The van der Waals surface area contributed by atoms with E-state index in [-0.39, 0.29) is 21.5 Å². The van der Waals surface area contributed by atoms with Crippen LogP contribution >= 0.6 is 0 Å². The van der Waals surface area contributed by atoms with Crippen LogP contribution in [0.4, 0.5) is 0 Å².